The Labute approximate surface area is 182 Å². The highest BCUT2D eigenvalue weighted by molar-refractivity contribution is 5.83. The molecular weight excluding hydrogens is 390 g/mol. The summed E-state index contributed by atoms with van der Waals surface area (Å²) < 4.78 is 2.00. The third kappa shape index (κ3) is 3.78. The third-order valence-corrected chi connectivity index (χ3v) is 6.95. The molecule has 0 spiro atoms. The zero-order valence-corrected chi connectivity index (χ0v) is 18.6. The Hall–Kier alpha value is -2.58. The van der Waals surface area contributed by atoms with Crippen LogP contribution in [0.15, 0.2) is 23.0 Å². The number of aromatic amines is 1. The molecule has 31 heavy (non-hydrogen) atoms. The fraction of sp³-hybridized carbons (Fsp3) is 0.565. The summed E-state index contributed by atoms with van der Waals surface area (Å²) in [6.45, 7) is 7.82. The summed E-state index contributed by atoms with van der Waals surface area (Å²) in [7, 11) is 2.14. The summed E-state index contributed by atoms with van der Waals surface area (Å²) in [4.78, 5) is 21.2. The number of nitrogens with one attached hydrogen (secondary N) is 1. The molecule has 2 fully saturated rings. The summed E-state index contributed by atoms with van der Waals surface area (Å²) in [5, 5.41) is 14.0. The van der Waals surface area contributed by atoms with Crippen molar-refractivity contribution in [3.05, 3.63) is 51.1 Å². The fourth-order valence-electron chi connectivity index (χ4n) is 5.28. The van der Waals surface area contributed by atoms with Gasteiger partial charge in [0.25, 0.3) is 5.56 Å². The van der Waals surface area contributed by atoms with Crippen molar-refractivity contribution in [1.29, 1.82) is 0 Å². The van der Waals surface area contributed by atoms with Gasteiger partial charge in [0.1, 0.15) is 6.04 Å². The van der Waals surface area contributed by atoms with Gasteiger partial charge in [-0.05, 0) is 67.2 Å². The van der Waals surface area contributed by atoms with E-state index in [4.69, 9.17) is 0 Å². The number of aromatic nitrogens is 5. The number of fused-ring (bicyclic) bond motifs is 1. The minimum atomic E-state index is -0.252. The highest BCUT2D eigenvalue weighted by Gasteiger charge is 2.34. The molecule has 8 nitrogen and oxygen atoms in total. The molecule has 1 aromatic carbocycles. The van der Waals surface area contributed by atoms with Crippen LogP contribution in [0.25, 0.3) is 10.9 Å². The number of tetrazole rings is 1. The maximum absolute atomic E-state index is 13.4. The quantitative estimate of drug-likeness (QED) is 0.697. The van der Waals surface area contributed by atoms with E-state index in [1.165, 1.54) is 18.4 Å². The van der Waals surface area contributed by atoms with Crippen molar-refractivity contribution < 1.29 is 0 Å². The number of hydrogen-bond acceptors (Lipinski definition) is 6. The van der Waals surface area contributed by atoms with E-state index in [1.54, 1.807) is 0 Å². The van der Waals surface area contributed by atoms with Crippen molar-refractivity contribution in [2.45, 2.75) is 51.6 Å². The standard InChI is InChI=1S/C23H31N7O/c1-15-12-16(2)20-17(13-15)14-19(23(31)24-20)21(29-10-8-28(3)9-11-29)22-25-26-27-30(22)18-6-4-5-7-18/h12-14,18,21H,4-11H2,1-3H3,(H,24,31). The first-order valence-electron chi connectivity index (χ1n) is 11.4. The first-order valence-corrected chi connectivity index (χ1v) is 11.4. The van der Waals surface area contributed by atoms with Crippen molar-refractivity contribution >= 4 is 10.9 Å². The number of piperazine rings is 1. The molecule has 164 valence electrons. The second-order valence-electron chi connectivity index (χ2n) is 9.26. The lowest BCUT2D eigenvalue weighted by atomic mass is 10.00. The van der Waals surface area contributed by atoms with E-state index in [2.05, 4.69) is 62.5 Å². The van der Waals surface area contributed by atoms with Gasteiger partial charge in [-0.15, -0.1) is 5.10 Å². The van der Waals surface area contributed by atoms with E-state index in [1.807, 2.05) is 11.6 Å². The normalized spacial score (nSPS) is 20.0. The van der Waals surface area contributed by atoms with E-state index >= 15 is 0 Å². The zero-order chi connectivity index (χ0) is 21.5. The van der Waals surface area contributed by atoms with Crippen LogP contribution in [0.4, 0.5) is 0 Å². The molecule has 0 bridgehead atoms. The predicted molar refractivity (Wildman–Crippen MR) is 120 cm³/mol. The van der Waals surface area contributed by atoms with Crippen molar-refractivity contribution in [2.24, 2.45) is 0 Å². The summed E-state index contributed by atoms with van der Waals surface area (Å²) in [6, 6.07) is 6.38. The molecular formula is C23H31N7O. The van der Waals surface area contributed by atoms with Gasteiger partial charge < -0.3 is 9.88 Å². The average Bonchev–Trinajstić information content (AvgIpc) is 3.42. The summed E-state index contributed by atoms with van der Waals surface area (Å²) in [5.41, 5.74) is 3.87. The second-order valence-corrected chi connectivity index (χ2v) is 9.26. The number of H-pyrrole nitrogens is 1. The molecule has 2 aliphatic rings. The Balaban J connectivity index is 1.66. The van der Waals surface area contributed by atoms with Gasteiger partial charge in [0, 0.05) is 31.7 Å². The Morgan fingerprint density at radius 1 is 1.06 bits per heavy atom. The number of hydrogen-bond donors (Lipinski definition) is 1. The molecule has 1 N–H and O–H groups in total. The summed E-state index contributed by atoms with van der Waals surface area (Å²) in [6.07, 6.45) is 4.61. The van der Waals surface area contributed by atoms with Gasteiger partial charge in [0.05, 0.1) is 11.6 Å². The van der Waals surface area contributed by atoms with Gasteiger partial charge in [-0.1, -0.05) is 24.5 Å². The molecule has 5 rings (SSSR count). The van der Waals surface area contributed by atoms with E-state index in [0.29, 0.717) is 6.04 Å². The monoisotopic (exact) mass is 421 g/mol. The Kier molecular flexibility index (Phi) is 5.35. The lowest BCUT2D eigenvalue weighted by Crippen LogP contribution is -2.47. The van der Waals surface area contributed by atoms with Crippen LogP contribution in [0.5, 0.6) is 0 Å². The van der Waals surface area contributed by atoms with Gasteiger partial charge in [-0.3, -0.25) is 9.69 Å². The first-order chi connectivity index (χ1) is 15.0. The molecule has 1 aliphatic heterocycles. The number of aryl methyl sites for hydroxylation is 2. The van der Waals surface area contributed by atoms with Gasteiger partial charge >= 0.3 is 0 Å². The molecule has 8 heteroatoms. The fourth-order valence-corrected chi connectivity index (χ4v) is 5.28. The molecule has 2 aromatic heterocycles. The molecule has 1 saturated carbocycles. The summed E-state index contributed by atoms with van der Waals surface area (Å²) in [5.74, 6) is 0.797. The van der Waals surface area contributed by atoms with Crippen molar-refractivity contribution in [1.82, 2.24) is 35.0 Å². The minimum absolute atomic E-state index is 0.0515. The maximum Gasteiger partial charge on any atom is 0.253 e. The lowest BCUT2D eigenvalue weighted by molar-refractivity contribution is 0.120. The predicted octanol–water partition coefficient (Wildman–Crippen LogP) is 2.58. The van der Waals surface area contributed by atoms with Crippen molar-refractivity contribution in [3.63, 3.8) is 0 Å². The Morgan fingerprint density at radius 3 is 2.55 bits per heavy atom. The highest BCUT2D eigenvalue weighted by Crippen LogP contribution is 2.34. The van der Waals surface area contributed by atoms with Gasteiger partial charge in [0.2, 0.25) is 0 Å². The molecule has 1 atom stereocenters. The van der Waals surface area contributed by atoms with E-state index < -0.39 is 0 Å². The van der Waals surface area contributed by atoms with Crippen molar-refractivity contribution in [2.75, 3.05) is 33.2 Å². The Bertz CT molecular complexity index is 1140. The van der Waals surface area contributed by atoms with Crippen LogP contribution < -0.4 is 5.56 Å². The van der Waals surface area contributed by atoms with Crippen LogP contribution in [0.3, 0.4) is 0 Å². The molecule has 3 heterocycles. The topological polar surface area (TPSA) is 82.9 Å². The number of rotatable bonds is 4. The number of likely N-dealkylation sites (N-methyl/N-ethyl adjacent to an activating group) is 1. The van der Waals surface area contributed by atoms with E-state index in [0.717, 1.165) is 66.9 Å². The average molecular weight is 422 g/mol. The molecule has 1 aliphatic carbocycles. The molecule has 1 saturated heterocycles. The summed E-state index contributed by atoms with van der Waals surface area (Å²) >= 11 is 0. The van der Waals surface area contributed by atoms with E-state index in [9.17, 15) is 4.79 Å². The zero-order valence-electron chi connectivity index (χ0n) is 18.6. The largest absolute Gasteiger partial charge is 0.321 e. The SMILES string of the molecule is Cc1cc(C)c2[nH]c(=O)c(C(c3nnnn3C3CCCC3)N3CCN(C)CC3)cc2c1. The minimum Gasteiger partial charge on any atom is -0.321 e. The number of benzene rings is 1. The Morgan fingerprint density at radius 2 is 1.81 bits per heavy atom. The van der Waals surface area contributed by atoms with E-state index in [-0.39, 0.29) is 11.6 Å². The van der Waals surface area contributed by atoms with Crippen LogP contribution >= 0.6 is 0 Å². The number of nitrogens with zero attached hydrogens (tertiary/aromatic N) is 6. The molecule has 3 aromatic rings. The van der Waals surface area contributed by atoms with Crippen LogP contribution in [-0.4, -0.2) is 68.2 Å². The van der Waals surface area contributed by atoms with Crippen LogP contribution in [0.1, 0.15) is 60.3 Å². The van der Waals surface area contributed by atoms with Crippen LogP contribution in [0.2, 0.25) is 0 Å². The molecule has 1 unspecified atom stereocenters. The molecule has 0 amide bonds. The third-order valence-electron chi connectivity index (χ3n) is 6.95. The second kappa shape index (κ2) is 8.16. The van der Waals surface area contributed by atoms with Gasteiger partial charge in [-0.25, -0.2) is 4.68 Å². The maximum atomic E-state index is 13.4. The first kappa shape index (κ1) is 20.3. The lowest BCUT2D eigenvalue weighted by Gasteiger charge is -2.37. The van der Waals surface area contributed by atoms with Crippen LogP contribution in [0, 0.1) is 13.8 Å². The van der Waals surface area contributed by atoms with Crippen LogP contribution in [-0.2, 0) is 0 Å². The highest BCUT2D eigenvalue weighted by atomic mass is 16.1. The van der Waals surface area contributed by atoms with Gasteiger partial charge in [-0.2, -0.15) is 0 Å². The van der Waals surface area contributed by atoms with Crippen molar-refractivity contribution in [3.8, 4) is 0 Å². The number of pyridine rings is 1. The molecule has 0 radical (unpaired) electrons. The smallest absolute Gasteiger partial charge is 0.253 e. The van der Waals surface area contributed by atoms with Gasteiger partial charge in [0.15, 0.2) is 5.82 Å².